The number of anilines is 1. The number of hydrogen-bond acceptors (Lipinski definition) is 6. The molecule has 3 aromatic heterocycles. The van der Waals surface area contributed by atoms with Gasteiger partial charge in [-0.25, -0.2) is 4.68 Å². The molecule has 0 N–H and O–H groups in total. The van der Waals surface area contributed by atoms with Crippen molar-refractivity contribution in [2.75, 3.05) is 11.4 Å². The lowest BCUT2D eigenvalue weighted by molar-refractivity contribution is -0.123. The summed E-state index contributed by atoms with van der Waals surface area (Å²) in [6.07, 6.45) is 8.08. The van der Waals surface area contributed by atoms with Crippen molar-refractivity contribution in [2.24, 2.45) is 0 Å². The van der Waals surface area contributed by atoms with E-state index in [2.05, 4.69) is 20.1 Å². The normalized spacial score (nSPS) is 13.2. The third-order valence-corrected chi connectivity index (χ3v) is 4.89. The Morgan fingerprint density at radius 3 is 2.72 bits per heavy atom. The Labute approximate surface area is 168 Å². The number of Topliss-reactive ketones (excluding diaryl/α,β-unsaturated/α-hetero) is 1. The number of ketones is 1. The molecular formula is C21H22N6O2. The topological polar surface area (TPSA) is 93.9 Å². The number of fused-ring (bicyclic) bond motifs is 1. The predicted molar refractivity (Wildman–Crippen MR) is 107 cm³/mol. The Balaban J connectivity index is 1.32. The van der Waals surface area contributed by atoms with Gasteiger partial charge in [0.15, 0.2) is 0 Å². The van der Waals surface area contributed by atoms with E-state index in [1.165, 1.54) is 0 Å². The van der Waals surface area contributed by atoms with Crippen molar-refractivity contribution in [3.8, 4) is 11.3 Å². The Morgan fingerprint density at radius 1 is 1.07 bits per heavy atom. The van der Waals surface area contributed by atoms with Crippen LogP contribution in [0.3, 0.4) is 0 Å². The SMILES string of the molecule is Cc1cc2n(n1)CCCN2C(=O)CCC(=O)Cc1ccc(-c2cnccn2)cn1. The van der Waals surface area contributed by atoms with Crippen molar-refractivity contribution in [1.29, 1.82) is 0 Å². The first-order valence-electron chi connectivity index (χ1n) is 9.68. The highest BCUT2D eigenvalue weighted by atomic mass is 16.2. The Bertz CT molecular complexity index is 1010. The van der Waals surface area contributed by atoms with Gasteiger partial charge in [0, 0.05) is 68.3 Å². The van der Waals surface area contributed by atoms with Crippen LogP contribution < -0.4 is 4.90 Å². The van der Waals surface area contributed by atoms with Gasteiger partial charge in [-0.2, -0.15) is 5.10 Å². The molecule has 1 aliphatic heterocycles. The van der Waals surface area contributed by atoms with Crippen molar-refractivity contribution in [1.82, 2.24) is 24.7 Å². The average Bonchev–Trinajstić information content (AvgIpc) is 3.13. The van der Waals surface area contributed by atoms with Gasteiger partial charge in [-0.15, -0.1) is 0 Å². The lowest BCUT2D eigenvalue weighted by Gasteiger charge is -2.27. The molecule has 29 heavy (non-hydrogen) atoms. The monoisotopic (exact) mass is 390 g/mol. The van der Waals surface area contributed by atoms with E-state index in [1.807, 2.05) is 29.8 Å². The zero-order chi connectivity index (χ0) is 20.2. The molecule has 0 aliphatic carbocycles. The molecule has 0 radical (unpaired) electrons. The molecule has 0 unspecified atom stereocenters. The maximum atomic E-state index is 12.6. The number of aryl methyl sites for hydroxylation is 2. The summed E-state index contributed by atoms with van der Waals surface area (Å²) < 4.78 is 1.86. The summed E-state index contributed by atoms with van der Waals surface area (Å²) in [5.74, 6) is 0.789. The molecule has 0 saturated carbocycles. The quantitative estimate of drug-likeness (QED) is 0.641. The minimum absolute atomic E-state index is 0.000185. The molecule has 0 spiro atoms. The van der Waals surface area contributed by atoms with Gasteiger partial charge in [0.1, 0.15) is 11.6 Å². The van der Waals surface area contributed by atoms with Crippen LogP contribution in [0.4, 0.5) is 5.82 Å². The van der Waals surface area contributed by atoms with E-state index in [9.17, 15) is 9.59 Å². The van der Waals surface area contributed by atoms with Crippen LogP contribution in [0.5, 0.6) is 0 Å². The van der Waals surface area contributed by atoms with E-state index >= 15 is 0 Å². The first kappa shape index (κ1) is 18.9. The molecule has 4 rings (SSSR count). The second-order valence-corrected chi connectivity index (χ2v) is 7.11. The maximum absolute atomic E-state index is 12.6. The summed E-state index contributed by atoms with van der Waals surface area (Å²) in [5.41, 5.74) is 3.16. The molecule has 0 aromatic carbocycles. The number of amides is 1. The molecular weight excluding hydrogens is 368 g/mol. The van der Waals surface area contributed by atoms with Gasteiger partial charge in [-0.05, 0) is 25.5 Å². The first-order chi connectivity index (χ1) is 14.1. The third-order valence-electron chi connectivity index (χ3n) is 4.89. The van der Waals surface area contributed by atoms with Crippen LogP contribution in [0.2, 0.25) is 0 Å². The highest BCUT2D eigenvalue weighted by Crippen LogP contribution is 2.22. The number of aromatic nitrogens is 5. The summed E-state index contributed by atoms with van der Waals surface area (Å²) in [4.78, 5) is 39.3. The smallest absolute Gasteiger partial charge is 0.228 e. The number of hydrogen-bond donors (Lipinski definition) is 0. The number of carbonyl (C=O) groups is 2. The lowest BCUT2D eigenvalue weighted by atomic mass is 10.1. The molecule has 1 amide bonds. The fourth-order valence-corrected chi connectivity index (χ4v) is 3.46. The minimum Gasteiger partial charge on any atom is -0.299 e. The van der Waals surface area contributed by atoms with Crippen molar-refractivity contribution >= 4 is 17.5 Å². The number of nitrogens with zero attached hydrogens (tertiary/aromatic N) is 6. The van der Waals surface area contributed by atoms with Crippen LogP contribution in [-0.2, 0) is 22.6 Å². The molecule has 4 heterocycles. The van der Waals surface area contributed by atoms with Crippen LogP contribution in [0, 0.1) is 6.92 Å². The number of pyridine rings is 1. The Hall–Kier alpha value is -3.42. The third kappa shape index (κ3) is 4.37. The van der Waals surface area contributed by atoms with E-state index in [1.54, 1.807) is 29.7 Å². The molecule has 148 valence electrons. The van der Waals surface area contributed by atoms with E-state index in [4.69, 9.17) is 0 Å². The maximum Gasteiger partial charge on any atom is 0.228 e. The standard InChI is InChI=1S/C21H22N6O2/c1-15-11-20-26(9-2-10-27(20)25-15)21(29)6-5-18(28)12-17-4-3-16(13-24-17)19-14-22-7-8-23-19/h3-4,7-8,11,13-14H,2,5-6,9-10,12H2,1H3. The molecule has 8 nitrogen and oxygen atoms in total. The minimum atomic E-state index is -0.0369. The summed E-state index contributed by atoms with van der Waals surface area (Å²) in [7, 11) is 0. The predicted octanol–water partition coefficient (Wildman–Crippen LogP) is 2.37. The van der Waals surface area contributed by atoms with E-state index < -0.39 is 0 Å². The van der Waals surface area contributed by atoms with Gasteiger partial charge >= 0.3 is 0 Å². The first-order valence-corrected chi connectivity index (χ1v) is 9.68. The van der Waals surface area contributed by atoms with Crippen LogP contribution in [0.1, 0.15) is 30.7 Å². The summed E-state index contributed by atoms with van der Waals surface area (Å²) in [5, 5.41) is 4.40. The molecule has 8 heteroatoms. The van der Waals surface area contributed by atoms with Crippen LogP contribution >= 0.6 is 0 Å². The number of rotatable bonds is 6. The van der Waals surface area contributed by atoms with E-state index in [0.29, 0.717) is 12.2 Å². The molecule has 1 aliphatic rings. The average molecular weight is 390 g/mol. The van der Waals surface area contributed by atoms with Gasteiger partial charge in [0.05, 0.1) is 17.6 Å². The van der Waals surface area contributed by atoms with Crippen molar-refractivity contribution in [3.63, 3.8) is 0 Å². The fraction of sp³-hybridized carbons (Fsp3) is 0.333. The number of carbonyl (C=O) groups excluding carboxylic acids is 2. The molecule has 0 saturated heterocycles. The summed E-state index contributed by atoms with van der Waals surface area (Å²) in [6, 6.07) is 5.61. The molecule has 0 atom stereocenters. The van der Waals surface area contributed by atoms with Crippen LogP contribution in [-0.4, -0.2) is 43.0 Å². The lowest BCUT2D eigenvalue weighted by Crippen LogP contribution is -2.37. The van der Waals surface area contributed by atoms with Crippen LogP contribution in [0.15, 0.2) is 43.0 Å². The Morgan fingerprint density at radius 2 is 1.97 bits per heavy atom. The zero-order valence-electron chi connectivity index (χ0n) is 16.3. The second-order valence-electron chi connectivity index (χ2n) is 7.11. The molecule has 0 bridgehead atoms. The highest BCUT2D eigenvalue weighted by molar-refractivity contribution is 5.95. The molecule has 3 aromatic rings. The Kier molecular flexibility index (Phi) is 5.41. The zero-order valence-corrected chi connectivity index (χ0v) is 16.3. The van der Waals surface area contributed by atoms with Crippen molar-refractivity contribution in [3.05, 3.63) is 54.4 Å². The van der Waals surface area contributed by atoms with Gasteiger partial charge in [0.25, 0.3) is 0 Å². The summed E-state index contributed by atoms with van der Waals surface area (Å²) in [6.45, 7) is 3.41. The van der Waals surface area contributed by atoms with Crippen molar-refractivity contribution in [2.45, 2.75) is 39.2 Å². The summed E-state index contributed by atoms with van der Waals surface area (Å²) >= 11 is 0. The van der Waals surface area contributed by atoms with Gasteiger partial charge in [-0.1, -0.05) is 0 Å². The van der Waals surface area contributed by atoms with Crippen LogP contribution in [0.25, 0.3) is 11.3 Å². The van der Waals surface area contributed by atoms with Gasteiger partial charge < -0.3 is 0 Å². The van der Waals surface area contributed by atoms with Gasteiger partial charge in [-0.3, -0.25) is 29.4 Å². The second kappa shape index (κ2) is 8.30. The van der Waals surface area contributed by atoms with E-state index in [-0.39, 0.29) is 31.0 Å². The van der Waals surface area contributed by atoms with E-state index in [0.717, 1.165) is 35.7 Å². The van der Waals surface area contributed by atoms with Crippen molar-refractivity contribution < 1.29 is 9.59 Å². The van der Waals surface area contributed by atoms with Gasteiger partial charge in [0.2, 0.25) is 5.91 Å². The fourth-order valence-electron chi connectivity index (χ4n) is 3.46. The largest absolute Gasteiger partial charge is 0.299 e. The molecule has 0 fully saturated rings. The highest BCUT2D eigenvalue weighted by Gasteiger charge is 2.24.